The van der Waals surface area contributed by atoms with Gasteiger partial charge in [-0.1, -0.05) is 44.2 Å². The summed E-state index contributed by atoms with van der Waals surface area (Å²) in [5.74, 6) is 0.602. The maximum atomic E-state index is 11.6. The maximum absolute atomic E-state index is 11.6. The van der Waals surface area contributed by atoms with Crippen LogP contribution in [0.2, 0.25) is 0 Å². The number of carbonyl (C=O) groups is 1. The van der Waals surface area contributed by atoms with Crippen LogP contribution in [-0.4, -0.2) is 25.2 Å². The van der Waals surface area contributed by atoms with Crippen LogP contribution in [0.15, 0.2) is 30.3 Å². The van der Waals surface area contributed by atoms with Crippen molar-refractivity contribution in [1.82, 2.24) is 5.32 Å². The lowest BCUT2D eigenvalue weighted by molar-refractivity contribution is -0.120. The molecule has 2 rings (SSSR count). The minimum atomic E-state index is -0.426. The highest BCUT2D eigenvalue weighted by molar-refractivity contribution is 5.81. The van der Waals surface area contributed by atoms with E-state index in [0.29, 0.717) is 11.8 Å². The first-order valence-electron chi connectivity index (χ1n) is 7.29. The van der Waals surface area contributed by atoms with Crippen LogP contribution in [0, 0.1) is 11.8 Å². The van der Waals surface area contributed by atoms with E-state index in [1.54, 1.807) is 0 Å². The second kappa shape index (κ2) is 6.86. The van der Waals surface area contributed by atoms with Gasteiger partial charge in [0.25, 0.3) is 0 Å². The van der Waals surface area contributed by atoms with Crippen LogP contribution >= 0.6 is 0 Å². The third-order valence-electron chi connectivity index (χ3n) is 3.92. The molecule has 20 heavy (non-hydrogen) atoms. The van der Waals surface area contributed by atoms with Crippen molar-refractivity contribution in [1.29, 1.82) is 0 Å². The Morgan fingerprint density at radius 3 is 2.70 bits per heavy atom. The van der Waals surface area contributed by atoms with Gasteiger partial charge in [-0.2, -0.15) is 0 Å². The monoisotopic (exact) mass is 276 g/mol. The molecule has 4 heteroatoms. The van der Waals surface area contributed by atoms with Crippen LogP contribution in [0.25, 0.3) is 0 Å². The van der Waals surface area contributed by atoms with E-state index in [-0.39, 0.29) is 12.0 Å². The zero-order valence-electron chi connectivity index (χ0n) is 12.2. The maximum Gasteiger partial charge on any atom is 0.239 e. The largest absolute Gasteiger partial charge is 0.378 e. The van der Waals surface area contributed by atoms with Crippen molar-refractivity contribution >= 4 is 5.91 Å². The summed E-state index contributed by atoms with van der Waals surface area (Å²) in [5, 5.41) is 3.31. The molecule has 1 saturated heterocycles. The Kier molecular flexibility index (Phi) is 5.15. The normalized spacial score (nSPS) is 23.9. The van der Waals surface area contributed by atoms with E-state index in [1.807, 2.05) is 30.3 Å². The number of primary amides is 1. The molecule has 0 aliphatic carbocycles. The highest BCUT2D eigenvalue weighted by Crippen LogP contribution is 2.26. The van der Waals surface area contributed by atoms with E-state index < -0.39 is 6.04 Å². The summed E-state index contributed by atoms with van der Waals surface area (Å²) < 4.78 is 5.77. The Morgan fingerprint density at radius 1 is 1.40 bits per heavy atom. The van der Waals surface area contributed by atoms with Crippen molar-refractivity contribution in [3.63, 3.8) is 0 Å². The Labute approximate surface area is 120 Å². The molecule has 1 aromatic rings. The smallest absolute Gasteiger partial charge is 0.239 e. The summed E-state index contributed by atoms with van der Waals surface area (Å²) >= 11 is 0. The lowest BCUT2D eigenvalue weighted by atomic mass is 9.92. The van der Waals surface area contributed by atoms with Crippen LogP contribution in [0.4, 0.5) is 0 Å². The number of hydrogen-bond acceptors (Lipinski definition) is 3. The van der Waals surface area contributed by atoms with Crippen LogP contribution in [0.1, 0.15) is 31.9 Å². The third-order valence-corrected chi connectivity index (χ3v) is 3.92. The summed E-state index contributed by atoms with van der Waals surface area (Å²) in [6.07, 6.45) is 1.31. The molecule has 110 valence electrons. The Balaban J connectivity index is 1.98. The van der Waals surface area contributed by atoms with Gasteiger partial charge in [0.1, 0.15) is 6.04 Å². The number of amides is 1. The van der Waals surface area contributed by atoms with Crippen LogP contribution < -0.4 is 11.1 Å². The first-order chi connectivity index (χ1) is 9.59. The molecule has 0 unspecified atom stereocenters. The van der Waals surface area contributed by atoms with Gasteiger partial charge in [-0.25, -0.2) is 0 Å². The van der Waals surface area contributed by atoms with E-state index in [4.69, 9.17) is 10.5 Å². The molecule has 0 bridgehead atoms. The molecule has 0 spiro atoms. The Bertz CT molecular complexity index is 433. The lowest BCUT2D eigenvalue weighted by Gasteiger charge is -2.24. The van der Waals surface area contributed by atoms with Crippen molar-refractivity contribution in [2.45, 2.75) is 32.4 Å². The average molecular weight is 276 g/mol. The fraction of sp³-hybridized carbons (Fsp3) is 0.562. The van der Waals surface area contributed by atoms with Crippen molar-refractivity contribution < 1.29 is 9.53 Å². The number of nitrogens with two attached hydrogens (primary N) is 1. The minimum absolute atomic E-state index is 0.270. The van der Waals surface area contributed by atoms with Gasteiger partial charge in [0, 0.05) is 19.1 Å². The molecule has 3 atom stereocenters. The topological polar surface area (TPSA) is 64.3 Å². The van der Waals surface area contributed by atoms with Gasteiger partial charge in [0.05, 0.1) is 6.10 Å². The van der Waals surface area contributed by atoms with Gasteiger partial charge < -0.3 is 15.8 Å². The fourth-order valence-corrected chi connectivity index (χ4v) is 2.91. The van der Waals surface area contributed by atoms with Crippen LogP contribution in [0.3, 0.4) is 0 Å². The lowest BCUT2D eigenvalue weighted by Crippen LogP contribution is -2.39. The molecule has 1 aliphatic heterocycles. The number of carbonyl (C=O) groups excluding carboxylic acids is 1. The second-order valence-electron chi connectivity index (χ2n) is 5.78. The summed E-state index contributed by atoms with van der Waals surface area (Å²) in [5.41, 5.74) is 6.43. The van der Waals surface area contributed by atoms with Gasteiger partial charge in [0.2, 0.25) is 5.91 Å². The van der Waals surface area contributed by atoms with E-state index in [9.17, 15) is 4.79 Å². The summed E-state index contributed by atoms with van der Waals surface area (Å²) in [4.78, 5) is 11.6. The molecule has 1 heterocycles. The molecule has 0 radical (unpaired) electrons. The number of benzene rings is 1. The van der Waals surface area contributed by atoms with Gasteiger partial charge in [-0.05, 0) is 17.9 Å². The van der Waals surface area contributed by atoms with Crippen molar-refractivity contribution in [2.75, 3.05) is 13.2 Å². The molecule has 4 nitrogen and oxygen atoms in total. The predicted molar refractivity (Wildman–Crippen MR) is 79.1 cm³/mol. The van der Waals surface area contributed by atoms with Gasteiger partial charge in [-0.3, -0.25) is 4.79 Å². The molecule has 0 aromatic heterocycles. The standard InChI is InChI=1S/C16H24N2O2/c1-11(2)15-13(8-9-20-15)10-18-14(16(17)19)12-6-4-3-5-7-12/h3-7,11,13-15,18H,8-10H2,1-2H3,(H2,17,19)/t13-,14+,15-/m1/s1. The van der Waals surface area contributed by atoms with Gasteiger partial charge in [0.15, 0.2) is 0 Å². The summed E-state index contributed by atoms with van der Waals surface area (Å²) in [7, 11) is 0. The third kappa shape index (κ3) is 3.58. The van der Waals surface area contributed by atoms with E-state index in [2.05, 4.69) is 19.2 Å². The number of ether oxygens (including phenoxy) is 1. The molecule has 3 N–H and O–H groups in total. The predicted octanol–water partition coefficient (Wildman–Crippen LogP) is 1.86. The van der Waals surface area contributed by atoms with Gasteiger partial charge >= 0.3 is 0 Å². The van der Waals surface area contributed by atoms with Crippen molar-refractivity contribution in [2.24, 2.45) is 17.6 Å². The van der Waals surface area contributed by atoms with E-state index in [0.717, 1.165) is 25.1 Å². The van der Waals surface area contributed by atoms with Crippen LogP contribution in [-0.2, 0) is 9.53 Å². The minimum Gasteiger partial charge on any atom is -0.378 e. The van der Waals surface area contributed by atoms with Gasteiger partial charge in [-0.15, -0.1) is 0 Å². The van der Waals surface area contributed by atoms with E-state index >= 15 is 0 Å². The molecular weight excluding hydrogens is 252 g/mol. The molecule has 1 aliphatic rings. The SMILES string of the molecule is CC(C)[C@H]1OCC[C@@H]1CN[C@H](C(N)=O)c1ccccc1. The first-order valence-corrected chi connectivity index (χ1v) is 7.29. The molecule has 0 saturated carbocycles. The summed E-state index contributed by atoms with van der Waals surface area (Å²) in [6, 6.07) is 9.19. The van der Waals surface area contributed by atoms with Crippen LogP contribution in [0.5, 0.6) is 0 Å². The Morgan fingerprint density at radius 2 is 2.10 bits per heavy atom. The molecular formula is C16H24N2O2. The second-order valence-corrected chi connectivity index (χ2v) is 5.78. The molecule has 1 fully saturated rings. The quantitative estimate of drug-likeness (QED) is 0.833. The zero-order chi connectivity index (χ0) is 14.5. The fourth-order valence-electron chi connectivity index (χ4n) is 2.91. The highest BCUT2D eigenvalue weighted by Gasteiger charge is 2.31. The van der Waals surface area contributed by atoms with Crippen molar-refractivity contribution in [3.05, 3.63) is 35.9 Å². The molecule has 1 amide bonds. The number of nitrogens with one attached hydrogen (secondary N) is 1. The number of hydrogen-bond donors (Lipinski definition) is 2. The first kappa shape index (κ1) is 15.0. The summed E-state index contributed by atoms with van der Waals surface area (Å²) in [6.45, 7) is 5.91. The average Bonchev–Trinajstić information content (AvgIpc) is 2.88. The van der Waals surface area contributed by atoms with E-state index in [1.165, 1.54) is 0 Å². The highest BCUT2D eigenvalue weighted by atomic mass is 16.5. The Hall–Kier alpha value is -1.39. The molecule has 1 aromatic carbocycles. The zero-order valence-corrected chi connectivity index (χ0v) is 12.2. The van der Waals surface area contributed by atoms with Crippen molar-refractivity contribution in [3.8, 4) is 0 Å². The number of rotatable bonds is 6.